The molecule has 1 aromatic rings. The van der Waals surface area contributed by atoms with Crippen LogP contribution in [0.5, 0.6) is 0 Å². The van der Waals surface area contributed by atoms with Crippen LogP contribution in [0.15, 0.2) is 29.3 Å². The van der Waals surface area contributed by atoms with Gasteiger partial charge in [0.1, 0.15) is 5.82 Å². The summed E-state index contributed by atoms with van der Waals surface area (Å²) in [7, 11) is 1.74. The monoisotopic (exact) mass is 462 g/mol. The predicted molar refractivity (Wildman–Crippen MR) is 114 cm³/mol. The number of aliphatic imine (C=N–C) groups is 1. The number of rotatable bonds is 8. The Morgan fingerprint density at radius 1 is 1.08 bits per heavy atom. The largest absolute Gasteiger partial charge is 0.356 e. The quantitative estimate of drug-likeness (QED) is 0.268. The lowest BCUT2D eigenvalue weighted by Crippen LogP contribution is -2.37. The van der Waals surface area contributed by atoms with E-state index in [1.54, 1.807) is 19.2 Å². The molecule has 0 spiro atoms. The third-order valence-corrected chi connectivity index (χ3v) is 4.52. The zero-order valence-electron chi connectivity index (χ0n) is 15.3. The number of halogens is 2. The molecular weight excluding hydrogens is 430 g/mol. The van der Waals surface area contributed by atoms with E-state index < -0.39 is 0 Å². The van der Waals surface area contributed by atoms with Crippen molar-refractivity contribution in [3.05, 3.63) is 35.6 Å². The summed E-state index contributed by atoms with van der Waals surface area (Å²) >= 11 is 0. The van der Waals surface area contributed by atoms with Crippen molar-refractivity contribution in [2.45, 2.75) is 45.1 Å². The van der Waals surface area contributed by atoms with Gasteiger partial charge in [0, 0.05) is 25.7 Å². The van der Waals surface area contributed by atoms with E-state index >= 15 is 0 Å². The highest BCUT2D eigenvalue weighted by Gasteiger charge is 2.08. The van der Waals surface area contributed by atoms with Gasteiger partial charge >= 0.3 is 0 Å². The molecular formula is C19H32FIN4. The van der Waals surface area contributed by atoms with Crippen LogP contribution in [-0.4, -0.2) is 44.1 Å². The second-order valence-corrected chi connectivity index (χ2v) is 6.41. The smallest absolute Gasteiger partial charge is 0.191 e. The highest BCUT2D eigenvalue weighted by molar-refractivity contribution is 14.0. The third kappa shape index (κ3) is 8.85. The summed E-state index contributed by atoms with van der Waals surface area (Å²) in [4.78, 5) is 6.78. The van der Waals surface area contributed by atoms with E-state index in [1.165, 1.54) is 57.8 Å². The molecule has 142 valence electrons. The summed E-state index contributed by atoms with van der Waals surface area (Å²) in [6.45, 7) is 5.15. The van der Waals surface area contributed by atoms with Crippen molar-refractivity contribution in [1.29, 1.82) is 0 Å². The fourth-order valence-corrected chi connectivity index (χ4v) is 3.07. The van der Waals surface area contributed by atoms with Gasteiger partial charge in [-0.05, 0) is 51.4 Å². The fraction of sp³-hybridized carbons (Fsp3) is 0.632. The van der Waals surface area contributed by atoms with Gasteiger partial charge in [-0.15, -0.1) is 24.0 Å². The summed E-state index contributed by atoms with van der Waals surface area (Å²) in [5.41, 5.74) is 0.655. The second kappa shape index (κ2) is 13.3. The predicted octanol–water partition coefficient (Wildman–Crippen LogP) is 3.76. The minimum Gasteiger partial charge on any atom is -0.356 e. The van der Waals surface area contributed by atoms with Gasteiger partial charge in [-0.2, -0.15) is 0 Å². The zero-order valence-corrected chi connectivity index (χ0v) is 17.6. The number of hydrogen-bond donors (Lipinski definition) is 2. The lowest BCUT2D eigenvalue weighted by Gasteiger charge is -2.26. The summed E-state index contributed by atoms with van der Waals surface area (Å²) in [5.74, 6) is 0.549. The molecule has 1 saturated heterocycles. The number of guanidine groups is 1. The van der Waals surface area contributed by atoms with Crippen molar-refractivity contribution < 1.29 is 4.39 Å². The first-order chi connectivity index (χ1) is 11.8. The molecule has 0 amide bonds. The Morgan fingerprint density at radius 2 is 1.84 bits per heavy atom. The standard InChI is InChI=1S/C19H31FN4.HI/c1-21-19(23-16-17-10-4-5-11-18(17)20)22-12-6-2-7-13-24-14-8-3-9-15-24;/h4-5,10-11H,2-3,6-9,12-16H2,1H3,(H2,21,22,23);1H. The molecule has 4 nitrogen and oxygen atoms in total. The Bertz CT molecular complexity index is 504. The molecule has 0 bridgehead atoms. The van der Waals surface area contributed by atoms with Crippen LogP contribution in [0.4, 0.5) is 4.39 Å². The molecule has 0 aliphatic carbocycles. The molecule has 1 heterocycles. The molecule has 0 radical (unpaired) electrons. The van der Waals surface area contributed by atoms with E-state index in [4.69, 9.17) is 0 Å². The molecule has 0 saturated carbocycles. The highest BCUT2D eigenvalue weighted by Crippen LogP contribution is 2.09. The van der Waals surface area contributed by atoms with Gasteiger partial charge in [-0.3, -0.25) is 4.99 Å². The van der Waals surface area contributed by atoms with Crippen LogP contribution in [-0.2, 0) is 6.54 Å². The van der Waals surface area contributed by atoms with E-state index in [2.05, 4.69) is 20.5 Å². The van der Waals surface area contributed by atoms with Gasteiger partial charge in [0.05, 0.1) is 0 Å². The third-order valence-electron chi connectivity index (χ3n) is 4.52. The number of unbranched alkanes of at least 4 members (excludes halogenated alkanes) is 2. The molecule has 0 atom stereocenters. The van der Waals surface area contributed by atoms with Crippen LogP contribution in [0.3, 0.4) is 0 Å². The Hall–Kier alpha value is -0.890. The molecule has 1 aliphatic rings. The summed E-state index contributed by atoms with van der Waals surface area (Å²) in [5, 5.41) is 6.46. The van der Waals surface area contributed by atoms with Gasteiger partial charge < -0.3 is 15.5 Å². The van der Waals surface area contributed by atoms with Crippen LogP contribution in [0.1, 0.15) is 44.1 Å². The lowest BCUT2D eigenvalue weighted by molar-refractivity contribution is 0.224. The number of nitrogens with zero attached hydrogens (tertiary/aromatic N) is 2. The number of hydrogen-bond acceptors (Lipinski definition) is 2. The van der Waals surface area contributed by atoms with Crippen molar-refractivity contribution in [3.8, 4) is 0 Å². The average Bonchev–Trinajstić information content (AvgIpc) is 2.62. The van der Waals surface area contributed by atoms with E-state index in [1.807, 2.05) is 6.07 Å². The number of piperidine rings is 1. The minimum atomic E-state index is -0.182. The molecule has 1 fully saturated rings. The van der Waals surface area contributed by atoms with Crippen molar-refractivity contribution >= 4 is 29.9 Å². The first-order valence-electron chi connectivity index (χ1n) is 9.20. The molecule has 0 unspecified atom stereocenters. The van der Waals surface area contributed by atoms with Crippen molar-refractivity contribution in [1.82, 2.24) is 15.5 Å². The van der Waals surface area contributed by atoms with Gasteiger partial charge in [0.25, 0.3) is 0 Å². The van der Waals surface area contributed by atoms with E-state index in [-0.39, 0.29) is 29.8 Å². The summed E-state index contributed by atoms with van der Waals surface area (Å²) < 4.78 is 13.6. The SMILES string of the molecule is CN=C(NCCCCCN1CCCCC1)NCc1ccccc1F.I. The van der Waals surface area contributed by atoms with Crippen LogP contribution < -0.4 is 10.6 Å². The van der Waals surface area contributed by atoms with Crippen LogP contribution in [0.2, 0.25) is 0 Å². The molecule has 25 heavy (non-hydrogen) atoms. The molecule has 0 aromatic heterocycles. The van der Waals surface area contributed by atoms with Crippen LogP contribution >= 0.6 is 24.0 Å². The maximum absolute atomic E-state index is 13.6. The Kier molecular flexibility index (Phi) is 11.8. The zero-order chi connectivity index (χ0) is 17.0. The van der Waals surface area contributed by atoms with Gasteiger partial charge in [-0.1, -0.05) is 31.0 Å². The van der Waals surface area contributed by atoms with Crippen molar-refractivity contribution in [2.24, 2.45) is 4.99 Å². The Balaban J connectivity index is 0.00000312. The van der Waals surface area contributed by atoms with E-state index in [0.717, 1.165) is 18.9 Å². The van der Waals surface area contributed by atoms with Crippen LogP contribution in [0.25, 0.3) is 0 Å². The summed E-state index contributed by atoms with van der Waals surface area (Å²) in [6.07, 6.45) is 7.77. The maximum atomic E-state index is 13.6. The van der Waals surface area contributed by atoms with Gasteiger partial charge in [0.15, 0.2) is 5.96 Å². The minimum absolute atomic E-state index is 0. The number of nitrogens with one attached hydrogen (secondary N) is 2. The number of benzene rings is 1. The first-order valence-corrected chi connectivity index (χ1v) is 9.20. The van der Waals surface area contributed by atoms with E-state index in [9.17, 15) is 4.39 Å². The summed E-state index contributed by atoms with van der Waals surface area (Å²) in [6, 6.07) is 6.82. The Morgan fingerprint density at radius 3 is 2.56 bits per heavy atom. The molecule has 2 rings (SSSR count). The average molecular weight is 462 g/mol. The van der Waals surface area contributed by atoms with E-state index in [0.29, 0.717) is 12.1 Å². The Labute approximate surface area is 168 Å². The van der Waals surface area contributed by atoms with Gasteiger partial charge in [0.2, 0.25) is 0 Å². The normalized spacial score (nSPS) is 15.5. The lowest BCUT2D eigenvalue weighted by atomic mass is 10.1. The second-order valence-electron chi connectivity index (χ2n) is 6.41. The highest BCUT2D eigenvalue weighted by atomic mass is 127. The van der Waals surface area contributed by atoms with Crippen molar-refractivity contribution in [2.75, 3.05) is 33.2 Å². The van der Waals surface area contributed by atoms with Crippen molar-refractivity contribution in [3.63, 3.8) is 0 Å². The topological polar surface area (TPSA) is 39.7 Å². The molecule has 6 heteroatoms. The maximum Gasteiger partial charge on any atom is 0.191 e. The van der Waals surface area contributed by atoms with Gasteiger partial charge in [-0.25, -0.2) is 4.39 Å². The fourth-order valence-electron chi connectivity index (χ4n) is 3.07. The molecule has 1 aromatic carbocycles. The molecule has 1 aliphatic heterocycles. The first kappa shape index (κ1) is 22.2. The number of likely N-dealkylation sites (tertiary alicyclic amines) is 1. The van der Waals surface area contributed by atoms with Crippen LogP contribution in [0, 0.1) is 5.82 Å². The molecule has 2 N–H and O–H groups in total.